The number of hydrogen-bond donors (Lipinski definition) is 3. The minimum Gasteiger partial charge on any atom is -0.481 e. The van der Waals surface area contributed by atoms with Crippen LogP contribution < -0.4 is 11.1 Å². The van der Waals surface area contributed by atoms with E-state index in [0.29, 0.717) is 11.3 Å². The van der Waals surface area contributed by atoms with E-state index in [0.717, 1.165) is 5.56 Å². The lowest BCUT2D eigenvalue weighted by Crippen LogP contribution is -2.45. The van der Waals surface area contributed by atoms with Gasteiger partial charge in [-0.25, -0.2) is 0 Å². The van der Waals surface area contributed by atoms with Crippen LogP contribution in [0.15, 0.2) is 18.2 Å². The van der Waals surface area contributed by atoms with E-state index in [-0.39, 0.29) is 17.7 Å². The first-order valence-corrected chi connectivity index (χ1v) is 6.50. The second-order valence-electron chi connectivity index (χ2n) is 6.06. The van der Waals surface area contributed by atoms with Gasteiger partial charge in [0.2, 0.25) is 0 Å². The first-order valence-electron chi connectivity index (χ1n) is 6.50. The number of amides is 1. The van der Waals surface area contributed by atoms with Gasteiger partial charge in [-0.05, 0) is 30.0 Å². The third kappa shape index (κ3) is 4.26. The molecular formula is C15H22N2O3. The quantitative estimate of drug-likeness (QED) is 0.736. The number of carbonyl (C=O) groups is 2. The average Bonchev–Trinajstić information content (AvgIpc) is 2.30. The molecule has 1 amide bonds. The Morgan fingerprint density at radius 3 is 2.40 bits per heavy atom. The van der Waals surface area contributed by atoms with Crippen LogP contribution in [-0.2, 0) is 4.79 Å². The first-order chi connectivity index (χ1) is 9.11. The van der Waals surface area contributed by atoms with Gasteiger partial charge in [-0.3, -0.25) is 9.59 Å². The summed E-state index contributed by atoms with van der Waals surface area (Å²) in [5.74, 6) is -1.24. The van der Waals surface area contributed by atoms with E-state index in [1.165, 1.54) is 0 Å². The maximum absolute atomic E-state index is 12.2. The Kier molecular flexibility index (Phi) is 4.76. The molecule has 1 unspecified atom stereocenters. The normalized spacial score (nSPS) is 12.8. The van der Waals surface area contributed by atoms with Crippen LogP contribution in [0.5, 0.6) is 0 Å². The van der Waals surface area contributed by atoms with Crippen molar-refractivity contribution in [1.82, 2.24) is 5.32 Å². The van der Waals surface area contributed by atoms with Crippen molar-refractivity contribution in [3.63, 3.8) is 0 Å². The van der Waals surface area contributed by atoms with Gasteiger partial charge >= 0.3 is 5.97 Å². The summed E-state index contributed by atoms with van der Waals surface area (Å²) in [7, 11) is 0. The molecule has 1 atom stereocenters. The van der Waals surface area contributed by atoms with E-state index in [4.69, 9.17) is 10.8 Å². The summed E-state index contributed by atoms with van der Waals surface area (Å²) in [5, 5.41) is 11.7. The maximum atomic E-state index is 12.2. The molecule has 0 spiro atoms. The average molecular weight is 278 g/mol. The molecule has 0 heterocycles. The van der Waals surface area contributed by atoms with Crippen molar-refractivity contribution in [1.29, 1.82) is 0 Å². The van der Waals surface area contributed by atoms with Crippen LogP contribution in [0.2, 0.25) is 0 Å². The maximum Gasteiger partial charge on any atom is 0.305 e. The smallest absolute Gasteiger partial charge is 0.305 e. The highest BCUT2D eigenvalue weighted by Crippen LogP contribution is 2.22. The van der Waals surface area contributed by atoms with E-state index in [2.05, 4.69) is 5.32 Å². The van der Waals surface area contributed by atoms with Crippen molar-refractivity contribution in [3.05, 3.63) is 29.3 Å². The third-order valence-electron chi connectivity index (χ3n) is 3.27. The number of nitrogen functional groups attached to an aromatic ring is 1. The van der Waals surface area contributed by atoms with E-state index in [9.17, 15) is 9.59 Å². The molecule has 0 saturated heterocycles. The first kappa shape index (κ1) is 16.0. The Labute approximate surface area is 119 Å². The summed E-state index contributed by atoms with van der Waals surface area (Å²) in [4.78, 5) is 23.1. The Balaban J connectivity index is 2.90. The minimum absolute atomic E-state index is 0.115. The van der Waals surface area contributed by atoms with E-state index in [1.54, 1.807) is 18.2 Å². The third-order valence-corrected chi connectivity index (χ3v) is 3.27. The molecule has 0 aliphatic carbocycles. The predicted octanol–water partition coefficient (Wildman–Crippen LogP) is 2.20. The molecular weight excluding hydrogens is 256 g/mol. The predicted molar refractivity (Wildman–Crippen MR) is 78.6 cm³/mol. The number of rotatable bonds is 4. The molecule has 1 aromatic carbocycles. The summed E-state index contributed by atoms with van der Waals surface area (Å²) < 4.78 is 0. The van der Waals surface area contributed by atoms with Crippen LogP contribution in [-0.4, -0.2) is 23.0 Å². The Bertz CT molecular complexity index is 518. The van der Waals surface area contributed by atoms with Crippen LogP contribution in [0, 0.1) is 12.3 Å². The van der Waals surface area contributed by atoms with Crippen LogP contribution in [0.3, 0.4) is 0 Å². The topological polar surface area (TPSA) is 92.4 Å². The molecule has 0 bridgehead atoms. The molecule has 0 aliphatic heterocycles. The zero-order valence-electron chi connectivity index (χ0n) is 12.4. The van der Waals surface area contributed by atoms with Gasteiger partial charge in [0.05, 0.1) is 6.42 Å². The van der Waals surface area contributed by atoms with Crippen LogP contribution >= 0.6 is 0 Å². The highest BCUT2D eigenvalue weighted by molar-refractivity contribution is 5.95. The number of carboxylic acids is 1. The molecule has 0 aromatic heterocycles. The number of aliphatic carboxylic acids is 1. The van der Waals surface area contributed by atoms with Crippen LogP contribution in [0.4, 0.5) is 5.69 Å². The molecule has 1 aromatic rings. The monoisotopic (exact) mass is 278 g/mol. The van der Waals surface area contributed by atoms with E-state index >= 15 is 0 Å². The van der Waals surface area contributed by atoms with Crippen molar-refractivity contribution in [2.45, 2.75) is 40.2 Å². The second kappa shape index (κ2) is 5.94. The summed E-state index contributed by atoms with van der Waals surface area (Å²) in [6.45, 7) is 7.54. The standard InChI is InChI=1S/C15H22N2O3/c1-9-5-6-10(7-11(9)16)14(20)17-12(8-13(18)19)15(2,3)4/h5-7,12H,8,16H2,1-4H3,(H,17,20)(H,18,19). The highest BCUT2D eigenvalue weighted by Gasteiger charge is 2.28. The van der Waals surface area contributed by atoms with Crippen LogP contribution in [0.1, 0.15) is 43.1 Å². The van der Waals surface area contributed by atoms with Gasteiger partial charge < -0.3 is 16.2 Å². The molecule has 0 fully saturated rings. The molecule has 110 valence electrons. The Hall–Kier alpha value is -2.04. The van der Waals surface area contributed by atoms with Crippen LogP contribution in [0.25, 0.3) is 0 Å². The van der Waals surface area contributed by atoms with Gasteiger partial charge in [0.15, 0.2) is 0 Å². The summed E-state index contributed by atoms with van der Waals surface area (Å²) in [5.41, 5.74) is 7.32. The van der Waals surface area contributed by atoms with Crippen molar-refractivity contribution in [2.24, 2.45) is 5.41 Å². The molecule has 0 radical (unpaired) electrons. The van der Waals surface area contributed by atoms with E-state index < -0.39 is 12.0 Å². The van der Waals surface area contributed by atoms with Gasteiger partial charge in [0.1, 0.15) is 0 Å². The van der Waals surface area contributed by atoms with Gasteiger partial charge in [0.25, 0.3) is 5.91 Å². The zero-order valence-corrected chi connectivity index (χ0v) is 12.4. The molecule has 0 aliphatic rings. The minimum atomic E-state index is -0.936. The van der Waals surface area contributed by atoms with Crippen molar-refractivity contribution >= 4 is 17.6 Å². The molecule has 5 heteroatoms. The van der Waals surface area contributed by atoms with Gasteiger partial charge in [-0.1, -0.05) is 26.8 Å². The highest BCUT2D eigenvalue weighted by atomic mass is 16.4. The van der Waals surface area contributed by atoms with Crippen molar-refractivity contribution in [3.8, 4) is 0 Å². The fraction of sp³-hybridized carbons (Fsp3) is 0.467. The lowest BCUT2D eigenvalue weighted by atomic mass is 9.84. The molecule has 20 heavy (non-hydrogen) atoms. The fourth-order valence-electron chi connectivity index (χ4n) is 1.77. The number of hydrogen-bond acceptors (Lipinski definition) is 3. The molecule has 0 saturated carbocycles. The van der Waals surface area contributed by atoms with E-state index in [1.807, 2.05) is 27.7 Å². The Morgan fingerprint density at radius 2 is 1.95 bits per heavy atom. The fourth-order valence-corrected chi connectivity index (χ4v) is 1.77. The summed E-state index contributed by atoms with van der Waals surface area (Å²) in [6.07, 6.45) is -0.115. The molecule has 5 nitrogen and oxygen atoms in total. The largest absolute Gasteiger partial charge is 0.481 e. The van der Waals surface area contributed by atoms with Gasteiger partial charge in [-0.2, -0.15) is 0 Å². The summed E-state index contributed by atoms with van der Waals surface area (Å²) in [6, 6.07) is 4.61. The van der Waals surface area contributed by atoms with Gasteiger partial charge in [-0.15, -0.1) is 0 Å². The number of nitrogens with one attached hydrogen (secondary N) is 1. The SMILES string of the molecule is Cc1ccc(C(=O)NC(CC(=O)O)C(C)(C)C)cc1N. The zero-order chi connectivity index (χ0) is 15.5. The van der Waals surface area contributed by atoms with Crippen molar-refractivity contribution in [2.75, 3.05) is 5.73 Å². The summed E-state index contributed by atoms with van der Waals surface area (Å²) >= 11 is 0. The number of carbonyl (C=O) groups excluding carboxylic acids is 1. The lowest BCUT2D eigenvalue weighted by Gasteiger charge is -2.30. The number of anilines is 1. The van der Waals surface area contributed by atoms with Gasteiger partial charge in [0, 0.05) is 17.3 Å². The number of carboxylic acid groups (broad SMARTS) is 1. The second-order valence-corrected chi connectivity index (χ2v) is 6.06. The number of benzene rings is 1. The molecule has 1 rings (SSSR count). The van der Waals surface area contributed by atoms with Crippen molar-refractivity contribution < 1.29 is 14.7 Å². The Morgan fingerprint density at radius 1 is 1.35 bits per heavy atom. The molecule has 4 N–H and O–H groups in total. The number of aryl methyl sites for hydroxylation is 1. The number of nitrogens with two attached hydrogens (primary N) is 1. The lowest BCUT2D eigenvalue weighted by molar-refractivity contribution is -0.138.